The molecule has 0 amide bonds. The summed E-state index contributed by atoms with van der Waals surface area (Å²) < 4.78 is 5.00. The van der Waals surface area contributed by atoms with Crippen LogP contribution in [0.25, 0.3) is 0 Å². The molecule has 0 fully saturated rings. The highest BCUT2D eigenvalue weighted by molar-refractivity contribution is 5.66. The smallest absolute Gasteiger partial charge is 0.303 e. The van der Waals surface area contributed by atoms with Gasteiger partial charge in [-0.3, -0.25) is 4.79 Å². The number of hydrogen-bond donors (Lipinski definition) is 1. The molecule has 1 rings (SSSR count). The van der Waals surface area contributed by atoms with E-state index in [0.29, 0.717) is 0 Å². The number of hydrogen-bond acceptors (Lipinski definition) is 3. The number of esters is 1. The van der Waals surface area contributed by atoms with Gasteiger partial charge in [0.25, 0.3) is 0 Å². The molecule has 0 heterocycles. The number of aliphatic hydroxyl groups is 1. The third kappa shape index (κ3) is 2.08. The third-order valence-corrected chi connectivity index (χ3v) is 2.08. The highest BCUT2D eigenvalue weighted by Crippen LogP contribution is 2.24. The van der Waals surface area contributed by atoms with Crippen LogP contribution in [0.15, 0.2) is 12.2 Å². The third-order valence-electron chi connectivity index (χ3n) is 2.08. The van der Waals surface area contributed by atoms with Gasteiger partial charge >= 0.3 is 5.97 Å². The summed E-state index contributed by atoms with van der Waals surface area (Å²) in [5, 5.41) is 9.30. The van der Waals surface area contributed by atoms with Gasteiger partial charge in [-0.1, -0.05) is 6.08 Å². The first-order valence-electron chi connectivity index (χ1n) is 4.13. The van der Waals surface area contributed by atoms with Crippen LogP contribution in [-0.4, -0.2) is 23.3 Å². The molecule has 3 atom stereocenters. The van der Waals surface area contributed by atoms with Crippen molar-refractivity contribution in [2.75, 3.05) is 0 Å². The predicted molar refractivity (Wildman–Crippen MR) is 44.5 cm³/mol. The van der Waals surface area contributed by atoms with Gasteiger partial charge in [0, 0.05) is 12.8 Å². The van der Waals surface area contributed by atoms with E-state index in [1.54, 1.807) is 6.92 Å². The minimum atomic E-state index is -0.427. The molecule has 3 nitrogen and oxygen atoms in total. The zero-order valence-electron chi connectivity index (χ0n) is 7.36. The Bertz CT molecular complexity index is 196. The second-order valence-corrected chi connectivity index (χ2v) is 3.14. The quantitative estimate of drug-likeness (QED) is 0.494. The van der Waals surface area contributed by atoms with Crippen LogP contribution in [-0.2, 0) is 9.53 Å². The number of ether oxygens (including phenoxy) is 1. The molecule has 1 aliphatic carbocycles. The van der Waals surface area contributed by atoms with E-state index in [2.05, 4.69) is 0 Å². The topological polar surface area (TPSA) is 46.5 Å². The summed E-state index contributed by atoms with van der Waals surface area (Å²) in [6.45, 7) is 3.10. The van der Waals surface area contributed by atoms with E-state index in [0.717, 1.165) is 6.42 Å². The average molecular weight is 170 g/mol. The van der Waals surface area contributed by atoms with Crippen LogP contribution in [0.4, 0.5) is 0 Å². The normalized spacial score (nSPS) is 30.2. The zero-order valence-corrected chi connectivity index (χ0v) is 7.36. The van der Waals surface area contributed by atoms with Crippen LogP contribution in [0.2, 0.25) is 0 Å². The Morgan fingerprint density at radius 2 is 2.42 bits per heavy atom. The maximum absolute atomic E-state index is 10.6. The van der Waals surface area contributed by atoms with Crippen molar-refractivity contribution in [1.29, 1.82) is 0 Å². The minimum Gasteiger partial charge on any atom is -0.458 e. The molecular weight excluding hydrogens is 156 g/mol. The van der Waals surface area contributed by atoms with Crippen molar-refractivity contribution in [1.82, 2.24) is 0 Å². The lowest BCUT2D eigenvalue weighted by Crippen LogP contribution is -2.28. The Morgan fingerprint density at radius 1 is 1.75 bits per heavy atom. The Labute approximate surface area is 72.0 Å². The molecule has 0 aromatic heterocycles. The van der Waals surface area contributed by atoms with Crippen LogP contribution in [0, 0.1) is 5.92 Å². The summed E-state index contributed by atoms with van der Waals surface area (Å²) in [6.07, 6.45) is 3.89. The van der Waals surface area contributed by atoms with Crippen molar-refractivity contribution < 1.29 is 14.6 Å². The lowest BCUT2D eigenvalue weighted by Gasteiger charge is -2.21. The fraction of sp³-hybridized carbons (Fsp3) is 0.667. The Balaban J connectivity index is 2.51. The monoisotopic (exact) mass is 170 g/mol. The van der Waals surface area contributed by atoms with Crippen molar-refractivity contribution in [3.63, 3.8) is 0 Å². The average Bonchev–Trinajstić information content (AvgIpc) is 2.33. The Hall–Kier alpha value is -0.830. The predicted octanol–water partition coefficient (Wildman–Crippen LogP) is 0.875. The van der Waals surface area contributed by atoms with E-state index in [1.807, 2.05) is 12.2 Å². The minimum absolute atomic E-state index is 0.0360. The molecule has 0 aliphatic heterocycles. The SMILES string of the molecule is CC(=O)O[C@H]1C=CC[C@H]1C(C)O. The fourth-order valence-corrected chi connectivity index (χ4v) is 1.44. The number of carbonyl (C=O) groups excluding carboxylic acids is 1. The first-order chi connectivity index (χ1) is 5.61. The summed E-state index contributed by atoms with van der Waals surface area (Å²) in [6, 6.07) is 0. The highest BCUT2D eigenvalue weighted by Gasteiger charge is 2.28. The van der Waals surface area contributed by atoms with Crippen molar-refractivity contribution in [2.45, 2.75) is 32.5 Å². The molecule has 0 aromatic carbocycles. The van der Waals surface area contributed by atoms with Gasteiger partial charge in [-0.05, 0) is 19.4 Å². The van der Waals surface area contributed by atoms with Crippen LogP contribution in [0.1, 0.15) is 20.3 Å². The summed E-state index contributed by atoms with van der Waals surface area (Å²) in [4.78, 5) is 10.6. The van der Waals surface area contributed by atoms with Gasteiger partial charge in [-0.15, -0.1) is 0 Å². The standard InChI is InChI=1S/C9H14O3/c1-6(10)8-4-3-5-9(8)12-7(2)11/h3,5-6,8-10H,4H2,1-2H3/t6?,8-,9-/m0/s1. The molecular formula is C9H14O3. The lowest BCUT2D eigenvalue weighted by atomic mass is 9.99. The molecule has 0 bridgehead atoms. The largest absolute Gasteiger partial charge is 0.458 e. The van der Waals surface area contributed by atoms with E-state index in [4.69, 9.17) is 4.74 Å². The van der Waals surface area contributed by atoms with E-state index in [9.17, 15) is 9.90 Å². The lowest BCUT2D eigenvalue weighted by molar-refractivity contribution is -0.147. The molecule has 0 aromatic rings. The molecule has 0 saturated carbocycles. The van der Waals surface area contributed by atoms with Crippen molar-refractivity contribution >= 4 is 5.97 Å². The second kappa shape index (κ2) is 3.72. The first kappa shape index (κ1) is 9.26. The van der Waals surface area contributed by atoms with Crippen LogP contribution in [0.3, 0.4) is 0 Å². The number of aliphatic hydroxyl groups excluding tert-OH is 1. The van der Waals surface area contributed by atoms with Crippen LogP contribution < -0.4 is 0 Å². The fourth-order valence-electron chi connectivity index (χ4n) is 1.44. The molecule has 1 N–H and O–H groups in total. The second-order valence-electron chi connectivity index (χ2n) is 3.14. The molecule has 0 radical (unpaired) electrons. The maximum atomic E-state index is 10.6. The van der Waals surface area contributed by atoms with Gasteiger partial charge in [0.2, 0.25) is 0 Å². The molecule has 1 unspecified atom stereocenters. The van der Waals surface area contributed by atoms with Gasteiger partial charge < -0.3 is 9.84 Å². The number of carbonyl (C=O) groups is 1. The molecule has 3 heteroatoms. The van der Waals surface area contributed by atoms with E-state index in [-0.39, 0.29) is 18.0 Å². The van der Waals surface area contributed by atoms with Crippen molar-refractivity contribution in [3.05, 3.63) is 12.2 Å². The van der Waals surface area contributed by atoms with Crippen molar-refractivity contribution in [2.24, 2.45) is 5.92 Å². The Kier molecular flexibility index (Phi) is 2.87. The van der Waals surface area contributed by atoms with E-state index in [1.165, 1.54) is 6.92 Å². The zero-order chi connectivity index (χ0) is 9.14. The first-order valence-corrected chi connectivity index (χ1v) is 4.13. The maximum Gasteiger partial charge on any atom is 0.303 e. The molecule has 68 valence electrons. The van der Waals surface area contributed by atoms with Crippen LogP contribution >= 0.6 is 0 Å². The Morgan fingerprint density at radius 3 is 2.92 bits per heavy atom. The van der Waals surface area contributed by atoms with Gasteiger partial charge in [-0.2, -0.15) is 0 Å². The van der Waals surface area contributed by atoms with E-state index < -0.39 is 6.10 Å². The summed E-state index contributed by atoms with van der Waals surface area (Å²) >= 11 is 0. The van der Waals surface area contributed by atoms with Crippen molar-refractivity contribution in [3.8, 4) is 0 Å². The van der Waals surface area contributed by atoms with Gasteiger partial charge in [-0.25, -0.2) is 0 Å². The van der Waals surface area contributed by atoms with Gasteiger partial charge in [0.1, 0.15) is 6.10 Å². The van der Waals surface area contributed by atoms with Gasteiger partial charge in [0.05, 0.1) is 6.10 Å². The molecule has 12 heavy (non-hydrogen) atoms. The molecule has 0 saturated heterocycles. The summed E-state index contributed by atoms with van der Waals surface area (Å²) in [7, 11) is 0. The molecule has 1 aliphatic rings. The number of allylic oxidation sites excluding steroid dienone is 1. The number of rotatable bonds is 2. The molecule has 0 spiro atoms. The van der Waals surface area contributed by atoms with Gasteiger partial charge in [0.15, 0.2) is 0 Å². The van der Waals surface area contributed by atoms with E-state index >= 15 is 0 Å². The highest BCUT2D eigenvalue weighted by atomic mass is 16.5. The van der Waals surface area contributed by atoms with Crippen LogP contribution in [0.5, 0.6) is 0 Å². The summed E-state index contributed by atoms with van der Waals surface area (Å²) in [5.74, 6) is -0.258. The summed E-state index contributed by atoms with van der Waals surface area (Å²) in [5.41, 5.74) is 0.